The van der Waals surface area contributed by atoms with Gasteiger partial charge >= 0.3 is 0 Å². The van der Waals surface area contributed by atoms with Crippen molar-refractivity contribution in [3.63, 3.8) is 0 Å². The van der Waals surface area contributed by atoms with Crippen molar-refractivity contribution in [1.82, 2.24) is 0 Å². The van der Waals surface area contributed by atoms with Crippen molar-refractivity contribution in [3.8, 4) is 6.07 Å². The summed E-state index contributed by atoms with van der Waals surface area (Å²) >= 11 is 11.1. The van der Waals surface area contributed by atoms with Gasteiger partial charge in [-0.25, -0.2) is 0 Å². The van der Waals surface area contributed by atoms with Gasteiger partial charge in [0.25, 0.3) is 0 Å². The minimum Gasteiger partial charge on any atom is -0.384 e. The van der Waals surface area contributed by atoms with Crippen LogP contribution >= 0.6 is 38.9 Å². The van der Waals surface area contributed by atoms with E-state index < -0.39 is 0 Å². The van der Waals surface area contributed by atoms with E-state index in [0.717, 1.165) is 22.4 Å². The molecular formula is C13H10BrClN2S. The van der Waals surface area contributed by atoms with Gasteiger partial charge in [0, 0.05) is 16.4 Å². The summed E-state index contributed by atoms with van der Waals surface area (Å²) in [5, 5.41) is 12.9. The molecule has 2 nitrogen and oxygen atoms in total. The zero-order valence-electron chi connectivity index (χ0n) is 9.41. The monoisotopic (exact) mass is 340 g/mol. The quantitative estimate of drug-likeness (QED) is 0.875. The molecule has 0 amide bonds. The Hall–Kier alpha value is -1.02. The Morgan fingerprint density at radius 2 is 2.17 bits per heavy atom. The molecule has 0 bridgehead atoms. The third kappa shape index (κ3) is 3.49. The predicted octanol–water partition coefficient (Wildman–Crippen LogP) is 4.69. The predicted molar refractivity (Wildman–Crippen MR) is 80.4 cm³/mol. The Morgan fingerprint density at radius 1 is 1.33 bits per heavy atom. The molecule has 18 heavy (non-hydrogen) atoms. The van der Waals surface area contributed by atoms with E-state index in [1.165, 1.54) is 4.88 Å². The molecule has 0 spiro atoms. The van der Waals surface area contributed by atoms with Crippen molar-refractivity contribution in [2.45, 2.75) is 6.42 Å². The molecule has 2 aromatic rings. The normalized spacial score (nSPS) is 10.1. The Kier molecular flexibility index (Phi) is 4.65. The van der Waals surface area contributed by atoms with Crippen LogP contribution in [0.4, 0.5) is 5.69 Å². The summed E-state index contributed by atoms with van der Waals surface area (Å²) in [7, 11) is 0. The van der Waals surface area contributed by atoms with E-state index in [1.54, 1.807) is 29.5 Å². The summed E-state index contributed by atoms with van der Waals surface area (Å²) in [6.45, 7) is 0.780. The lowest BCUT2D eigenvalue weighted by molar-refractivity contribution is 1.04. The highest BCUT2D eigenvalue weighted by Crippen LogP contribution is 2.23. The average Bonchev–Trinajstić information content (AvgIpc) is 2.75. The molecule has 0 aliphatic rings. The van der Waals surface area contributed by atoms with Crippen LogP contribution in [0.3, 0.4) is 0 Å². The van der Waals surface area contributed by atoms with Gasteiger partial charge < -0.3 is 5.32 Å². The van der Waals surface area contributed by atoms with Crippen LogP contribution in [0, 0.1) is 11.3 Å². The minimum atomic E-state index is 0.617. The summed E-state index contributed by atoms with van der Waals surface area (Å²) in [5.41, 5.74) is 1.41. The number of nitrogens with zero attached hydrogens (tertiary/aromatic N) is 1. The van der Waals surface area contributed by atoms with E-state index in [4.69, 9.17) is 16.9 Å². The van der Waals surface area contributed by atoms with Crippen molar-refractivity contribution in [3.05, 3.63) is 49.6 Å². The number of benzene rings is 1. The van der Waals surface area contributed by atoms with Crippen LogP contribution in [-0.4, -0.2) is 6.54 Å². The molecule has 0 atom stereocenters. The van der Waals surface area contributed by atoms with Gasteiger partial charge in [0.2, 0.25) is 0 Å². The van der Waals surface area contributed by atoms with Gasteiger partial charge in [0.1, 0.15) is 6.07 Å². The first-order valence-electron chi connectivity index (χ1n) is 5.37. The first-order chi connectivity index (χ1) is 8.69. The fourth-order valence-corrected chi connectivity index (χ4v) is 3.22. The Bertz CT molecular complexity index is 589. The van der Waals surface area contributed by atoms with Crippen LogP contribution in [0.15, 0.2) is 34.1 Å². The third-order valence-electron chi connectivity index (χ3n) is 2.42. The van der Waals surface area contributed by atoms with Crippen LogP contribution < -0.4 is 5.32 Å². The molecule has 0 radical (unpaired) electrons. The molecule has 1 heterocycles. The SMILES string of the molecule is N#Cc1ccc(Cl)cc1NCCc1ccc(Br)s1. The second kappa shape index (κ2) is 6.24. The Balaban J connectivity index is 1.98. The molecule has 1 aromatic carbocycles. The molecule has 1 N–H and O–H groups in total. The number of hydrogen-bond donors (Lipinski definition) is 1. The van der Waals surface area contributed by atoms with Crippen LogP contribution in [0.25, 0.3) is 0 Å². The lowest BCUT2D eigenvalue weighted by Gasteiger charge is -2.07. The molecule has 2 rings (SSSR count). The lowest BCUT2D eigenvalue weighted by atomic mass is 10.2. The van der Waals surface area contributed by atoms with Crippen LogP contribution in [0.1, 0.15) is 10.4 Å². The van der Waals surface area contributed by atoms with Gasteiger partial charge in [0.15, 0.2) is 0 Å². The molecule has 5 heteroatoms. The van der Waals surface area contributed by atoms with Gasteiger partial charge in [0.05, 0.1) is 15.0 Å². The Morgan fingerprint density at radius 3 is 2.83 bits per heavy atom. The summed E-state index contributed by atoms with van der Waals surface area (Å²) in [4.78, 5) is 1.30. The van der Waals surface area contributed by atoms with E-state index in [0.29, 0.717) is 10.6 Å². The summed E-state index contributed by atoms with van der Waals surface area (Å²) in [6, 6.07) is 11.5. The molecular weight excluding hydrogens is 332 g/mol. The Labute approximate surface area is 123 Å². The molecule has 0 saturated heterocycles. The van der Waals surface area contributed by atoms with Crippen molar-refractivity contribution in [2.24, 2.45) is 0 Å². The standard InChI is InChI=1S/C13H10BrClN2S/c14-13-4-3-11(18-13)5-6-17-12-7-10(15)2-1-9(12)8-16/h1-4,7,17H,5-6H2. The maximum atomic E-state index is 8.99. The van der Waals surface area contributed by atoms with Crippen molar-refractivity contribution in [2.75, 3.05) is 11.9 Å². The second-order valence-electron chi connectivity index (χ2n) is 3.68. The van der Waals surface area contributed by atoms with Crippen molar-refractivity contribution < 1.29 is 0 Å². The number of halogens is 2. The fraction of sp³-hybridized carbons (Fsp3) is 0.154. The molecule has 0 aliphatic heterocycles. The molecule has 92 valence electrons. The smallest absolute Gasteiger partial charge is 0.101 e. The van der Waals surface area contributed by atoms with E-state index >= 15 is 0 Å². The van der Waals surface area contributed by atoms with Crippen LogP contribution in [0.2, 0.25) is 5.02 Å². The van der Waals surface area contributed by atoms with E-state index in [1.807, 2.05) is 6.07 Å². The third-order valence-corrected chi connectivity index (χ3v) is 4.34. The van der Waals surface area contributed by atoms with Gasteiger partial charge in [-0.1, -0.05) is 11.6 Å². The number of nitriles is 1. The average molecular weight is 342 g/mol. The summed E-state index contributed by atoms with van der Waals surface area (Å²) < 4.78 is 1.14. The number of anilines is 1. The minimum absolute atomic E-state index is 0.617. The molecule has 0 unspecified atom stereocenters. The number of hydrogen-bond acceptors (Lipinski definition) is 3. The van der Waals surface area contributed by atoms with Gasteiger partial charge in [-0.05, 0) is 52.7 Å². The highest BCUT2D eigenvalue weighted by atomic mass is 79.9. The highest BCUT2D eigenvalue weighted by molar-refractivity contribution is 9.11. The second-order valence-corrected chi connectivity index (χ2v) is 6.67. The van der Waals surface area contributed by atoms with E-state index in [2.05, 4.69) is 33.4 Å². The van der Waals surface area contributed by atoms with Crippen LogP contribution in [0.5, 0.6) is 0 Å². The van der Waals surface area contributed by atoms with E-state index in [9.17, 15) is 0 Å². The lowest BCUT2D eigenvalue weighted by Crippen LogP contribution is -2.05. The maximum Gasteiger partial charge on any atom is 0.101 e. The zero-order valence-corrected chi connectivity index (χ0v) is 12.6. The largest absolute Gasteiger partial charge is 0.384 e. The fourth-order valence-electron chi connectivity index (χ4n) is 1.57. The summed E-state index contributed by atoms with van der Waals surface area (Å²) in [5.74, 6) is 0. The van der Waals surface area contributed by atoms with Gasteiger partial charge in [-0.15, -0.1) is 11.3 Å². The topological polar surface area (TPSA) is 35.8 Å². The van der Waals surface area contributed by atoms with Crippen LogP contribution in [-0.2, 0) is 6.42 Å². The van der Waals surface area contributed by atoms with Gasteiger partial charge in [-0.2, -0.15) is 5.26 Å². The van der Waals surface area contributed by atoms with Gasteiger partial charge in [-0.3, -0.25) is 0 Å². The maximum absolute atomic E-state index is 8.99. The molecule has 1 aromatic heterocycles. The first-order valence-corrected chi connectivity index (χ1v) is 7.35. The first kappa shape index (κ1) is 13.4. The zero-order chi connectivity index (χ0) is 13.0. The number of rotatable bonds is 4. The molecule has 0 aliphatic carbocycles. The number of nitrogens with one attached hydrogen (secondary N) is 1. The van der Waals surface area contributed by atoms with Crippen molar-refractivity contribution >= 4 is 44.6 Å². The number of thiophene rings is 1. The van der Waals surface area contributed by atoms with E-state index in [-0.39, 0.29) is 0 Å². The highest BCUT2D eigenvalue weighted by Gasteiger charge is 2.03. The summed E-state index contributed by atoms with van der Waals surface area (Å²) in [6.07, 6.45) is 0.924. The van der Waals surface area contributed by atoms with Crippen molar-refractivity contribution in [1.29, 1.82) is 5.26 Å². The molecule has 0 fully saturated rings. The molecule has 0 saturated carbocycles.